The van der Waals surface area contributed by atoms with Crippen molar-refractivity contribution in [2.75, 3.05) is 13.2 Å². The lowest BCUT2D eigenvalue weighted by Crippen LogP contribution is -3.00. The lowest BCUT2D eigenvalue weighted by Gasteiger charge is -2.25. The van der Waals surface area contributed by atoms with Crippen LogP contribution in [-0.2, 0) is 11.3 Å². The van der Waals surface area contributed by atoms with Gasteiger partial charge in [-0.15, -0.1) is 0 Å². The normalized spacial score (nSPS) is 17.6. The first kappa shape index (κ1) is 16.3. The highest BCUT2D eigenvalue weighted by molar-refractivity contribution is 5.70. The van der Waals surface area contributed by atoms with Crippen molar-refractivity contribution < 1.29 is 21.7 Å². The van der Waals surface area contributed by atoms with Gasteiger partial charge in [-0.1, -0.05) is 54.6 Å². The third kappa shape index (κ3) is 3.40. The van der Waals surface area contributed by atoms with Crippen LogP contribution in [0, 0.1) is 0 Å². The van der Waals surface area contributed by atoms with Gasteiger partial charge in [0.15, 0.2) is 0 Å². The van der Waals surface area contributed by atoms with Gasteiger partial charge < -0.3 is 17.1 Å². The van der Waals surface area contributed by atoms with E-state index in [9.17, 15) is 0 Å². The van der Waals surface area contributed by atoms with Gasteiger partial charge >= 0.3 is 5.96 Å². The molecule has 22 heavy (non-hydrogen) atoms. The molecular weight excluding hydrogens is 298 g/mol. The SMILES string of the molecule is NC(N)=[N+]1CCOC(c2ccccc2)c2ccccc2C1.[Cl-]. The lowest BCUT2D eigenvalue weighted by molar-refractivity contribution is -0.550. The fourth-order valence-electron chi connectivity index (χ4n) is 2.71. The molecule has 1 heterocycles. The van der Waals surface area contributed by atoms with E-state index in [-0.39, 0.29) is 18.5 Å². The Morgan fingerprint density at radius 1 is 1.00 bits per heavy atom. The molecule has 2 aromatic rings. The van der Waals surface area contributed by atoms with Crippen LogP contribution in [0.25, 0.3) is 0 Å². The minimum absolute atomic E-state index is 0. The van der Waals surface area contributed by atoms with Crippen LogP contribution >= 0.6 is 0 Å². The van der Waals surface area contributed by atoms with Gasteiger partial charge in [0.1, 0.15) is 6.10 Å². The van der Waals surface area contributed by atoms with Gasteiger partial charge in [0, 0.05) is 0 Å². The van der Waals surface area contributed by atoms with E-state index in [4.69, 9.17) is 16.2 Å². The Hall–Kier alpha value is -2.04. The Morgan fingerprint density at radius 2 is 1.68 bits per heavy atom. The topological polar surface area (TPSA) is 64.3 Å². The Labute approximate surface area is 136 Å². The number of hydrogen-bond acceptors (Lipinski definition) is 1. The van der Waals surface area contributed by atoms with Crippen molar-refractivity contribution in [2.24, 2.45) is 11.5 Å². The highest BCUT2D eigenvalue weighted by Crippen LogP contribution is 2.30. The molecule has 5 heteroatoms. The van der Waals surface area contributed by atoms with E-state index in [1.807, 2.05) is 34.9 Å². The number of nitrogens with two attached hydrogens (primary N) is 2. The molecule has 0 aliphatic carbocycles. The first-order chi connectivity index (χ1) is 10.3. The van der Waals surface area contributed by atoms with E-state index in [0.29, 0.717) is 25.7 Å². The predicted octanol–water partition coefficient (Wildman–Crippen LogP) is -1.40. The Kier molecular flexibility index (Phi) is 5.41. The standard InChI is InChI=1S/C17H19N3O.ClH/c18-17(19)20-10-11-21-16(13-6-2-1-3-7-13)15-9-5-4-8-14(15)12-20;/h1-9,16H,10-12H2,(H3,18,19);1H. The molecule has 116 valence electrons. The zero-order valence-corrected chi connectivity index (χ0v) is 13.0. The summed E-state index contributed by atoms with van der Waals surface area (Å²) in [7, 11) is 0. The molecular formula is C17H20ClN3O. The zero-order valence-electron chi connectivity index (χ0n) is 12.3. The van der Waals surface area contributed by atoms with Gasteiger partial charge in [-0.25, -0.2) is 0 Å². The molecule has 0 spiro atoms. The van der Waals surface area contributed by atoms with Crippen molar-refractivity contribution in [3.8, 4) is 0 Å². The van der Waals surface area contributed by atoms with Gasteiger partial charge in [0.25, 0.3) is 0 Å². The fraction of sp³-hybridized carbons (Fsp3) is 0.235. The molecule has 1 aliphatic heterocycles. The van der Waals surface area contributed by atoms with Crippen LogP contribution in [0.3, 0.4) is 0 Å². The second-order valence-corrected chi connectivity index (χ2v) is 5.21. The van der Waals surface area contributed by atoms with Crippen molar-refractivity contribution in [2.45, 2.75) is 12.6 Å². The second kappa shape index (κ2) is 7.29. The summed E-state index contributed by atoms with van der Waals surface area (Å²) in [6.07, 6.45) is -0.0384. The third-order valence-electron chi connectivity index (χ3n) is 3.81. The Balaban J connectivity index is 0.00000176. The van der Waals surface area contributed by atoms with Crippen LogP contribution < -0.4 is 23.9 Å². The van der Waals surface area contributed by atoms with Crippen LogP contribution in [0.4, 0.5) is 0 Å². The molecule has 0 bridgehead atoms. The van der Waals surface area contributed by atoms with Crippen LogP contribution in [0.15, 0.2) is 54.6 Å². The molecule has 0 fully saturated rings. The fourth-order valence-corrected chi connectivity index (χ4v) is 2.71. The molecule has 1 unspecified atom stereocenters. The van der Waals surface area contributed by atoms with Crippen molar-refractivity contribution >= 4 is 5.96 Å². The number of ether oxygens (including phenoxy) is 1. The summed E-state index contributed by atoms with van der Waals surface area (Å²) in [4.78, 5) is 0. The van der Waals surface area contributed by atoms with Crippen molar-refractivity contribution in [1.82, 2.24) is 0 Å². The summed E-state index contributed by atoms with van der Waals surface area (Å²) in [6, 6.07) is 18.6. The number of benzene rings is 2. The number of guanidine groups is 1. The molecule has 0 aromatic heterocycles. The first-order valence-corrected chi connectivity index (χ1v) is 7.13. The van der Waals surface area contributed by atoms with Gasteiger partial charge in [-0.2, -0.15) is 0 Å². The summed E-state index contributed by atoms with van der Waals surface area (Å²) in [5.41, 5.74) is 15.0. The second-order valence-electron chi connectivity index (χ2n) is 5.21. The molecule has 1 atom stereocenters. The number of nitrogens with zero attached hydrogens (tertiary/aromatic N) is 1. The third-order valence-corrected chi connectivity index (χ3v) is 3.81. The maximum absolute atomic E-state index is 6.11. The largest absolute Gasteiger partial charge is 1.00 e. The quantitative estimate of drug-likeness (QED) is 0.502. The van der Waals surface area contributed by atoms with E-state index in [1.165, 1.54) is 16.7 Å². The smallest absolute Gasteiger partial charge is 0.341 e. The molecule has 3 rings (SSSR count). The number of halogens is 1. The van der Waals surface area contributed by atoms with E-state index in [1.54, 1.807) is 0 Å². The number of hydrogen-bond donors (Lipinski definition) is 2. The van der Waals surface area contributed by atoms with E-state index >= 15 is 0 Å². The van der Waals surface area contributed by atoms with Crippen molar-refractivity contribution in [3.05, 3.63) is 71.3 Å². The molecule has 0 amide bonds. The van der Waals surface area contributed by atoms with Crippen LogP contribution in [0.1, 0.15) is 22.8 Å². The van der Waals surface area contributed by atoms with E-state index < -0.39 is 0 Å². The average Bonchev–Trinajstić information content (AvgIpc) is 2.49. The molecule has 4 N–H and O–H groups in total. The summed E-state index contributed by atoms with van der Waals surface area (Å²) in [5, 5.41) is 0. The summed E-state index contributed by atoms with van der Waals surface area (Å²) in [6.45, 7) is 2.00. The van der Waals surface area contributed by atoms with Gasteiger partial charge in [0.2, 0.25) is 0 Å². The van der Waals surface area contributed by atoms with E-state index in [0.717, 1.165) is 0 Å². The summed E-state index contributed by atoms with van der Waals surface area (Å²) < 4.78 is 8.05. The lowest BCUT2D eigenvalue weighted by atomic mass is 9.96. The molecule has 2 aromatic carbocycles. The summed E-state index contributed by atoms with van der Waals surface area (Å²) in [5.74, 6) is 0.339. The predicted molar refractivity (Wildman–Crippen MR) is 82.9 cm³/mol. The molecule has 4 nitrogen and oxygen atoms in total. The maximum Gasteiger partial charge on any atom is 0.341 e. The maximum atomic E-state index is 6.11. The van der Waals surface area contributed by atoms with Crippen LogP contribution in [0.5, 0.6) is 0 Å². The molecule has 1 aliphatic rings. The minimum atomic E-state index is -0.0384. The van der Waals surface area contributed by atoms with Gasteiger partial charge in [-0.3, -0.25) is 16.0 Å². The van der Waals surface area contributed by atoms with E-state index in [2.05, 4.69) is 24.3 Å². The molecule has 0 saturated heterocycles. The Morgan fingerprint density at radius 3 is 2.41 bits per heavy atom. The highest BCUT2D eigenvalue weighted by atomic mass is 35.5. The van der Waals surface area contributed by atoms with Crippen molar-refractivity contribution in [1.29, 1.82) is 0 Å². The monoisotopic (exact) mass is 317 g/mol. The average molecular weight is 318 g/mol. The van der Waals surface area contributed by atoms with Crippen LogP contribution in [-0.4, -0.2) is 23.7 Å². The molecule has 0 radical (unpaired) electrons. The van der Waals surface area contributed by atoms with Gasteiger partial charge in [-0.05, 0) is 16.7 Å². The Bertz CT molecular complexity index is 654. The molecule has 0 saturated carbocycles. The zero-order chi connectivity index (χ0) is 14.7. The minimum Gasteiger partial charge on any atom is -1.00 e. The first-order valence-electron chi connectivity index (χ1n) is 7.13. The number of rotatable bonds is 1. The number of fused-ring (bicyclic) bond motifs is 1. The van der Waals surface area contributed by atoms with Crippen LogP contribution in [0.2, 0.25) is 0 Å². The highest BCUT2D eigenvalue weighted by Gasteiger charge is 2.22. The van der Waals surface area contributed by atoms with Gasteiger partial charge in [0.05, 0.1) is 19.7 Å². The summed E-state index contributed by atoms with van der Waals surface area (Å²) >= 11 is 0. The van der Waals surface area contributed by atoms with Crippen molar-refractivity contribution in [3.63, 3.8) is 0 Å².